The molecule has 0 aliphatic carbocycles. The van der Waals surface area contributed by atoms with Crippen LogP contribution in [0, 0.1) is 11.3 Å². The molecule has 0 aliphatic rings. The minimum Gasteiger partial charge on any atom is -0.489 e. The van der Waals surface area contributed by atoms with Crippen LogP contribution in [0.25, 0.3) is 22.0 Å². The van der Waals surface area contributed by atoms with Crippen molar-refractivity contribution in [2.75, 3.05) is 6.26 Å². The summed E-state index contributed by atoms with van der Waals surface area (Å²) >= 11 is 1.32. The average Bonchev–Trinajstić information content (AvgIpc) is 2.77. The normalized spacial score (nSPS) is 10.6. The molecule has 0 saturated heterocycles. The van der Waals surface area contributed by atoms with Gasteiger partial charge in [0.1, 0.15) is 24.0 Å². The van der Waals surface area contributed by atoms with Crippen LogP contribution in [0.3, 0.4) is 0 Å². The number of hydrogen-bond donors (Lipinski definition) is 1. The number of aromatic nitrogens is 2. The van der Waals surface area contributed by atoms with Gasteiger partial charge in [0, 0.05) is 5.56 Å². The topological polar surface area (TPSA) is 78.8 Å². The Balaban J connectivity index is 1.54. The van der Waals surface area contributed by atoms with Crippen LogP contribution < -0.4 is 10.3 Å². The van der Waals surface area contributed by atoms with Gasteiger partial charge in [-0.25, -0.2) is 4.98 Å². The largest absolute Gasteiger partial charge is 0.489 e. The molecule has 1 heterocycles. The Morgan fingerprint density at radius 3 is 2.55 bits per heavy atom. The van der Waals surface area contributed by atoms with Crippen LogP contribution in [-0.2, 0) is 6.61 Å². The molecule has 3 aromatic carbocycles. The van der Waals surface area contributed by atoms with Crippen molar-refractivity contribution in [3.05, 3.63) is 88.2 Å². The lowest BCUT2D eigenvalue weighted by atomic mass is 10.1. The van der Waals surface area contributed by atoms with Crippen LogP contribution in [-0.4, -0.2) is 16.2 Å². The molecule has 29 heavy (non-hydrogen) atoms. The van der Waals surface area contributed by atoms with Crippen LogP contribution in [0.4, 0.5) is 0 Å². The molecular weight excluding hydrogens is 382 g/mol. The summed E-state index contributed by atoms with van der Waals surface area (Å²) in [6.45, 7) is 0.452. The van der Waals surface area contributed by atoms with E-state index in [1.165, 1.54) is 22.5 Å². The molecule has 0 unspecified atom stereocenters. The summed E-state index contributed by atoms with van der Waals surface area (Å²) in [5.74, 6) is 0.704. The number of aromatic amines is 1. The molecule has 5 nitrogen and oxygen atoms in total. The van der Waals surface area contributed by atoms with Gasteiger partial charge >= 0.3 is 0 Å². The quantitative estimate of drug-likeness (QED) is 0.387. The van der Waals surface area contributed by atoms with Gasteiger partial charge < -0.3 is 9.72 Å². The molecule has 0 fully saturated rings. The number of H-pyrrole nitrogens is 1. The van der Waals surface area contributed by atoms with Crippen LogP contribution in [0.5, 0.6) is 5.75 Å². The number of nitrogens with one attached hydrogen (secondary N) is 1. The van der Waals surface area contributed by atoms with Gasteiger partial charge in [-0.05, 0) is 52.9 Å². The first-order valence-electron chi connectivity index (χ1n) is 8.97. The van der Waals surface area contributed by atoms with Crippen molar-refractivity contribution in [1.29, 1.82) is 5.26 Å². The molecular formula is C23H17N3O2S. The van der Waals surface area contributed by atoms with Gasteiger partial charge in [0.2, 0.25) is 0 Å². The first-order chi connectivity index (χ1) is 14.2. The lowest BCUT2D eigenvalue weighted by molar-refractivity contribution is 0.306. The van der Waals surface area contributed by atoms with E-state index in [4.69, 9.17) is 4.74 Å². The molecule has 1 N–H and O–H groups in total. The second-order valence-corrected chi connectivity index (χ2v) is 7.20. The van der Waals surface area contributed by atoms with E-state index in [2.05, 4.69) is 40.3 Å². The fourth-order valence-corrected chi connectivity index (χ4v) is 3.44. The second-order valence-electron chi connectivity index (χ2n) is 6.41. The van der Waals surface area contributed by atoms with Gasteiger partial charge in [0.05, 0.1) is 5.69 Å². The molecule has 6 heteroatoms. The van der Waals surface area contributed by atoms with E-state index in [1.807, 2.05) is 48.7 Å². The van der Waals surface area contributed by atoms with Gasteiger partial charge in [-0.1, -0.05) is 48.2 Å². The van der Waals surface area contributed by atoms with Crippen LogP contribution in [0.15, 0.2) is 76.7 Å². The smallest absolute Gasteiger partial charge is 0.270 e. The predicted octanol–water partition coefficient (Wildman–Crippen LogP) is 4.76. The molecule has 0 saturated carbocycles. The van der Waals surface area contributed by atoms with E-state index in [0.29, 0.717) is 28.8 Å². The second kappa shape index (κ2) is 8.21. The van der Waals surface area contributed by atoms with Gasteiger partial charge in [-0.3, -0.25) is 4.79 Å². The highest BCUT2D eigenvalue weighted by molar-refractivity contribution is 7.98. The Morgan fingerprint density at radius 2 is 1.83 bits per heavy atom. The van der Waals surface area contributed by atoms with Crippen molar-refractivity contribution in [3.8, 4) is 23.1 Å². The first-order valence-corrected chi connectivity index (χ1v) is 10.2. The fraction of sp³-hybridized carbons (Fsp3) is 0.0870. The molecule has 0 amide bonds. The molecule has 4 aromatic rings. The van der Waals surface area contributed by atoms with Crippen LogP contribution >= 0.6 is 11.8 Å². The number of rotatable bonds is 5. The van der Waals surface area contributed by atoms with E-state index in [0.717, 1.165) is 5.56 Å². The Labute approximate surface area is 172 Å². The maximum atomic E-state index is 12.1. The third-order valence-corrected chi connectivity index (χ3v) is 5.13. The summed E-state index contributed by atoms with van der Waals surface area (Å²) in [4.78, 5) is 19.1. The van der Waals surface area contributed by atoms with E-state index in [1.54, 1.807) is 0 Å². The number of hydrogen-bond acceptors (Lipinski definition) is 5. The predicted molar refractivity (Wildman–Crippen MR) is 115 cm³/mol. The Morgan fingerprint density at radius 1 is 1.07 bits per heavy atom. The zero-order valence-electron chi connectivity index (χ0n) is 15.7. The van der Waals surface area contributed by atoms with Crippen molar-refractivity contribution in [3.63, 3.8) is 0 Å². The highest BCUT2D eigenvalue weighted by Gasteiger charge is 2.13. The summed E-state index contributed by atoms with van der Waals surface area (Å²) in [5.41, 5.74) is 1.73. The van der Waals surface area contributed by atoms with Crippen LogP contribution in [0.2, 0.25) is 0 Å². The first kappa shape index (κ1) is 18.8. The van der Waals surface area contributed by atoms with E-state index in [-0.39, 0.29) is 5.56 Å². The lowest BCUT2D eigenvalue weighted by Crippen LogP contribution is -2.14. The average molecular weight is 399 g/mol. The highest BCUT2D eigenvalue weighted by atomic mass is 32.2. The van der Waals surface area contributed by atoms with Crippen molar-refractivity contribution < 1.29 is 4.74 Å². The van der Waals surface area contributed by atoms with Gasteiger partial charge in [-0.15, -0.1) is 0 Å². The summed E-state index contributed by atoms with van der Waals surface area (Å²) < 4.78 is 5.90. The minimum atomic E-state index is -0.432. The number of benzene rings is 3. The molecule has 0 aliphatic heterocycles. The van der Waals surface area contributed by atoms with Crippen molar-refractivity contribution >= 4 is 22.5 Å². The Kier molecular flexibility index (Phi) is 5.32. The van der Waals surface area contributed by atoms with Gasteiger partial charge in [0.25, 0.3) is 5.56 Å². The minimum absolute atomic E-state index is 0.00707. The molecule has 0 atom stereocenters. The maximum Gasteiger partial charge on any atom is 0.270 e. The number of nitrogens with zero attached hydrogens (tertiary/aromatic N) is 2. The molecule has 142 valence electrons. The summed E-state index contributed by atoms with van der Waals surface area (Å²) in [7, 11) is 0. The zero-order chi connectivity index (χ0) is 20.2. The summed E-state index contributed by atoms with van der Waals surface area (Å²) in [6.07, 6.45) is 1.82. The standard InChI is InChI=1S/C23H17N3O2S/c1-29-23-25-21(20(13-24)22(27)26-23)17-8-10-19(11-9-17)28-14-15-6-7-16-4-2-3-5-18(16)12-15/h2-12H,14H2,1H3,(H,25,26,27). The molecule has 0 radical (unpaired) electrons. The summed E-state index contributed by atoms with van der Waals surface area (Å²) in [5, 5.41) is 12.2. The molecule has 4 rings (SSSR count). The van der Waals surface area contributed by atoms with E-state index >= 15 is 0 Å². The highest BCUT2D eigenvalue weighted by Crippen LogP contribution is 2.24. The number of thioether (sulfide) groups is 1. The summed E-state index contributed by atoms with van der Waals surface area (Å²) in [6, 6.07) is 23.7. The van der Waals surface area contributed by atoms with E-state index in [9.17, 15) is 10.1 Å². The molecule has 0 spiro atoms. The van der Waals surface area contributed by atoms with Crippen LogP contribution in [0.1, 0.15) is 11.1 Å². The Hall–Kier alpha value is -3.56. The zero-order valence-corrected chi connectivity index (χ0v) is 16.5. The third-order valence-electron chi connectivity index (χ3n) is 4.55. The molecule has 0 bridgehead atoms. The Bertz CT molecular complexity index is 1270. The van der Waals surface area contributed by atoms with Gasteiger partial charge in [0.15, 0.2) is 5.16 Å². The van der Waals surface area contributed by atoms with Gasteiger partial charge in [-0.2, -0.15) is 5.26 Å². The number of fused-ring (bicyclic) bond motifs is 1. The lowest BCUT2D eigenvalue weighted by Gasteiger charge is -2.09. The maximum absolute atomic E-state index is 12.1. The van der Waals surface area contributed by atoms with Crippen molar-refractivity contribution in [2.45, 2.75) is 11.8 Å². The van der Waals surface area contributed by atoms with Crippen molar-refractivity contribution in [1.82, 2.24) is 9.97 Å². The number of nitriles is 1. The third kappa shape index (κ3) is 4.00. The number of ether oxygens (including phenoxy) is 1. The fourth-order valence-electron chi connectivity index (χ4n) is 3.07. The van der Waals surface area contributed by atoms with Crippen molar-refractivity contribution in [2.24, 2.45) is 0 Å². The monoisotopic (exact) mass is 399 g/mol. The van der Waals surface area contributed by atoms with E-state index < -0.39 is 5.56 Å². The SMILES string of the molecule is CSc1nc(-c2ccc(OCc3ccc4ccccc4c3)cc2)c(C#N)c(=O)[nH]1. The molecule has 1 aromatic heterocycles.